The molecule has 3 heteroatoms. The fourth-order valence-electron chi connectivity index (χ4n) is 2.20. The molecule has 0 aliphatic heterocycles. The zero-order valence-electron chi connectivity index (χ0n) is 12.5. The molecule has 0 nitrogen and oxygen atoms in total. The van der Waals surface area contributed by atoms with Gasteiger partial charge in [-0.15, -0.1) is 0 Å². The van der Waals surface area contributed by atoms with Crippen LogP contribution in [-0.4, -0.2) is 0 Å². The lowest BCUT2D eigenvalue weighted by molar-refractivity contribution is 0.506. The van der Waals surface area contributed by atoms with Gasteiger partial charge in [0.15, 0.2) is 0 Å². The summed E-state index contributed by atoms with van der Waals surface area (Å²) in [6, 6.07) is 15.4. The average Bonchev–Trinajstić information content (AvgIpc) is 2.49. The maximum atomic E-state index is 3.84. The van der Waals surface area contributed by atoms with E-state index in [2.05, 4.69) is 118 Å². The molecule has 1 atom stereocenters. The minimum absolute atomic E-state index is 0.209. The van der Waals surface area contributed by atoms with Crippen molar-refractivity contribution < 1.29 is 0 Å². The Hall–Kier alpha value is 0.130. The largest absolute Gasteiger partial charge is 0.0786 e. The van der Waals surface area contributed by atoms with Crippen LogP contribution in [0.15, 0.2) is 46.9 Å². The Kier molecular flexibility index (Phi) is 5.94. The van der Waals surface area contributed by atoms with Gasteiger partial charge in [0.25, 0.3) is 0 Å². The van der Waals surface area contributed by atoms with Crippen molar-refractivity contribution in [1.29, 1.82) is 0 Å². The molecule has 0 aliphatic carbocycles. The number of hydrogen-bond acceptors (Lipinski definition) is 0. The molecular weight excluding hydrogens is 503 g/mol. The van der Waals surface area contributed by atoms with Crippen LogP contribution < -0.4 is 0 Å². The quantitative estimate of drug-likeness (QED) is 0.294. The molecule has 0 bridgehead atoms. The minimum Gasteiger partial charge on any atom is -0.0786 e. The van der Waals surface area contributed by atoms with Crippen molar-refractivity contribution in [2.45, 2.75) is 37.4 Å². The highest BCUT2D eigenvalue weighted by Crippen LogP contribution is 2.37. The second-order valence-corrected chi connectivity index (χ2v) is 8.90. The third-order valence-electron chi connectivity index (χ3n) is 4.10. The Morgan fingerprint density at radius 2 is 1.71 bits per heavy atom. The summed E-state index contributed by atoms with van der Waals surface area (Å²) in [7, 11) is 0. The lowest BCUT2D eigenvalue weighted by atomic mass is 9.82. The molecule has 2 aromatic rings. The number of hydrogen-bond donors (Lipinski definition) is 0. The number of rotatable bonds is 4. The zero-order chi connectivity index (χ0) is 15.6. The summed E-state index contributed by atoms with van der Waals surface area (Å²) in [4.78, 5) is 0.209. The molecule has 0 aromatic heterocycles. The maximum absolute atomic E-state index is 3.84. The van der Waals surface area contributed by atoms with Crippen LogP contribution in [-0.2, 0) is 5.41 Å². The molecule has 0 saturated carbocycles. The van der Waals surface area contributed by atoms with Gasteiger partial charge in [-0.25, -0.2) is 0 Å². The predicted molar refractivity (Wildman–Crippen MR) is 107 cm³/mol. The lowest BCUT2D eigenvalue weighted by Crippen LogP contribution is -2.15. The first-order chi connectivity index (χ1) is 9.85. The predicted octanol–water partition coefficient (Wildman–Crippen LogP) is 7.23. The Morgan fingerprint density at radius 1 is 1.10 bits per heavy atom. The van der Waals surface area contributed by atoms with E-state index < -0.39 is 0 Å². The van der Waals surface area contributed by atoms with Crippen LogP contribution >= 0.6 is 54.5 Å². The van der Waals surface area contributed by atoms with Gasteiger partial charge in [0, 0.05) is 8.04 Å². The highest BCUT2D eigenvalue weighted by molar-refractivity contribution is 14.1. The van der Waals surface area contributed by atoms with Gasteiger partial charge < -0.3 is 0 Å². The molecule has 0 N–H and O–H groups in total. The molecule has 2 aromatic carbocycles. The normalized spacial score (nSPS) is 13.2. The fraction of sp³-hybridized carbons (Fsp3) is 0.333. The Labute approximate surface area is 158 Å². The van der Waals surface area contributed by atoms with Gasteiger partial charge in [-0.05, 0) is 69.3 Å². The van der Waals surface area contributed by atoms with Crippen molar-refractivity contribution in [2.75, 3.05) is 0 Å². The number of alkyl halides is 1. The topological polar surface area (TPSA) is 0 Å². The van der Waals surface area contributed by atoms with Crippen LogP contribution in [0.4, 0.5) is 0 Å². The Balaban J connectivity index is 2.32. The first kappa shape index (κ1) is 17.5. The highest BCUT2D eigenvalue weighted by atomic mass is 127. The average molecular weight is 522 g/mol. The molecule has 0 radical (unpaired) electrons. The SMILES string of the molecule is CCC(C)(C)c1ccc(C(Br)c2cc(I)ccc2Br)cc1. The standard InChI is InChI=1S/C18H19Br2I/c1-4-18(2,3)13-7-5-12(6-8-13)17(20)15-11-14(21)9-10-16(15)19/h5-11,17H,4H2,1-3H3. The van der Waals surface area contributed by atoms with Gasteiger partial charge in [-0.2, -0.15) is 0 Å². The summed E-state index contributed by atoms with van der Waals surface area (Å²) in [5, 5.41) is 0. The summed E-state index contributed by atoms with van der Waals surface area (Å²) in [5.41, 5.74) is 4.19. The van der Waals surface area contributed by atoms with Gasteiger partial charge >= 0.3 is 0 Å². The van der Waals surface area contributed by atoms with Crippen LogP contribution in [0.3, 0.4) is 0 Å². The first-order valence-corrected chi connectivity index (χ1v) is 9.83. The smallest absolute Gasteiger partial charge is 0.0655 e. The van der Waals surface area contributed by atoms with E-state index in [9.17, 15) is 0 Å². The molecule has 0 aliphatic rings. The third-order valence-corrected chi connectivity index (χ3v) is 6.51. The van der Waals surface area contributed by atoms with Crippen LogP contribution in [0.1, 0.15) is 48.7 Å². The van der Waals surface area contributed by atoms with Crippen LogP contribution in [0, 0.1) is 3.57 Å². The van der Waals surface area contributed by atoms with Gasteiger partial charge in [-0.1, -0.05) is 76.9 Å². The molecule has 2 rings (SSSR count). The van der Waals surface area contributed by atoms with Gasteiger partial charge in [0.1, 0.15) is 0 Å². The van der Waals surface area contributed by atoms with Crippen molar-refractivity contribution in [3.05, 3.63) is 67.2 Å². The third kappa shape index (κ3) is 4.11. The second-order valence-electron chi connectivity index (χ2n) is 5.89. The molecule has 0 amide bonds. The van der Waals surface area contributed by atoms with E-state index in [1.54, 1.807) is 0 Å². The lowest BCUT2D eigenvalue weighted by Gasteiger charge is -2.24. The Morgan fingerprint density at radius 3 is 2.29 bits per heavy atom. The van der Waals surface area contributed by atoms with Crippen LogP contribution in [0.25, 0.3) is 0 Å². The molecule has 0 saturated heterocycles. The van der Waals surface area contributed by atoms with E-state index in [4.69, 9.17) is 0 Å². The highest BCUT2D eigenvalue weighted by Gasteiger charge is 2.19. The summed E-state index contributed by atoms with van der Waals surface area (Å²) in [5.74, 6) is 0. The molecule has 0 heterocycles. The van der Waals surface area contributed by atoms with E-state index in [0.29, 0.717) is 0 Å². The molecule has 0 spiro atoms. The zero-order valence-corrected chi connectivity index (χ0v) is 17.8. The van der Waals surface area contributed by atoms with Gasteiger partial charge in [0.05, 0.1) is 4.83 Å². The summed E-state index contributed by atoms with van der Waals surface area (Å²) in [6.45, 7) is 6.83. The van der Waals surface area contributed by atoms with Gasteiger partial charge in [-0.3, -0.25) is 0 Å². The van der Waals surface area contributed by atoms with E-state index in [-0.39, 0.29) is 10.2 Å². The number of benzene rings is 2. The van der Waals surface area contributed by atoms with Gasteiger partial charge in [0.2, 0.25) is 0 Å². The molecule has 1 unspecified atom stereocenters. The monoisotopic (exact) mass is 520 g/mol. The maximum Gasteiger partial charge on any atom is 0.0655 e. The van der Waals surface area contributed by atoms with Crippen molar-refractivity contribution in [1.82, 2.24) is 0 Å². The minimum atomic E-state index is 0.209. The Bertz CT molecular complexity index is 618. The van der Waals surface area contributed by atoms with Crippen LogP contribution in [0.5, 0.6) is 0 Å². The van der Waals surface area contributed by atoms with E-state index in [0.717, 1.165) is 10.9 Å². The first-order valence-electron chi connectivity index (χ1n) is 7.04. The summed E-state index contributed by atoms with van der Waals surface area (Å²) in [6.07, 6.45) is 1.15. The van der Waals surface area contributed by atoms with Crippen molar-refractivity contribution in [3.63, 3.8) is 0 Å². The van der Waals surface area contributed by atoms with E-state index in [1.165, 1.54) is 20.3 Å². The van der Waals surface area contributed by atoms with Crippen LogP contribution in [0.2, 0.25) is 0 Å². The van der Waals surface area contributed by atoms with E-state index >= 15 is 0 Å². The second kappa shape index (κ2) is 7.14. The molecular formula is C18H19Br2I. The van der Waals surface area contributed by atoms with Crippen molar-refractivity contribution >= 4 is 54.5 Å². The van der Waals surface area contributed by atoms with Crippen molar-refractivity contribution in [2.24, 2.45) is 0 Å². The molecule has 0 fully saturated rings. The molecule has 112 valence electrons. The number of halogens is 3. The summed E-state index contributed by atoms with van der Waals surface area (Å²) < 4.78 is 2.39. The molecule has 21 heavy (non-hydrogen) atoms. The van der Waals surface area contributed by atoms with E-state index in [1.807, 2.05) is 0 Å². The fourth-order valence-corrected chi connectivity index (χ4v) is 4.18. The van der Waals surface area contributed by atoms with Crippen molar-refractivity contribution in [3.8, 4) is 0 Å². The summed E-state index contributed by atoms with van der Waals surface area (Å²) >= 11 is 9.84.